The van der Waals surface area contributed by atoms with Gasteiger partial charge in [-0.3, -0.25) is 9.48 Å². The Labute approximate surface area is 110 Å². The van der Waals surface area contributed by atoms with Crippen LogP contribution >= 0.6 is 0 Å². The number of hydrogen-bond donors (Lipinski definition) is 2. The van der Waals surface area contributed by atoms with E-state index in [9.17, 15) is 4.79 Å². The molecule has 2 N–H and O–H groups in total. The van der Waals surface area contributed by atoms with Crippen LogP contribution in [0.1, 0.15) is 23.5 Å². The Hall–Kier alpha value is -2.11. The van der Waals surface area contributed by atoms with Crippen LogP contribution in [0.25, 0.3) is 11.4 Å². The third kappa shape index (κ3) is 2.03. The predicted octanol–water partition coefficient (Wildman–Crippen LogP) is 1.31. The van der Waals surface area contributed by atoms with Gasteiger partial charge in [0.2, 0.25) is 0 Å². The molecule has 0 aliphatic heterocycles. The van der Waals surface area contributed by atoms with Crippen molar-refractivity contribution < 1.29 is 9.90 Å². The molecule has 0 aromatic carbocycles. The van der Waals surface area contributed by atoms with E-state index in [-0.39, 0.29) is 5.92 Å². The summed E-state index contributed by atoms with van der Waals surface area (Å²) in [5, 5.41) is 13.4. The Morgan fingerprint density at radius 3 is 3.00 bits per heavy atom. The fourth-order valence-electron chi connectivity index (χ4n) is 2.65. The van der Waals surface area contributed by atoms with Gasteiger partial charge < -0.3 is 10.1 Å². The Balaban J connectivity index is 1.95. The number of aromatic nitrogens is 4. The minimum atomic E-state index is -0.723. The van der Waals surface area contributed by atoms with Gasteiger partial charge in [-0.15, -0.1) is 0 Å². The second-order valence-electron chi connectivity index (χ2n) is 5.09. The number of aliphatic carboxylic acids is 1. The largest absolute Gasteiger partial charge is 0.481 e. The summed E-state index contributed by atoms with van der Waals surface area (Å²) >= 11 is 0. The van der Waals surface area contributed by atoms with Crippen molar-refractivity contribution in [3.63, 3.8) is 0 Å². The number of rotatable bonds is 2. The highest BCUT2D eigenvalue weighted by atomic mass is 16.4. The molecule has 1 aliphatic rings. The van der Waals surface area contributed by atoms with E-state index < -0.39 is 5.97 Å². The standard InChI is InChI=1S/C13H16N4O2/c1-7-9(6-17(2)16-7)12-14-10-4-3-8(13(18)19)5-11(10)15-12/h6,8H,3-5H2,1-2H3,(H,14,15)(H,18,19). The van der Waals surface area contributed by atoms with Crippen LogP contribution in [0.2, 0.25) is 0 Å². The van der Waals surface area contributed by atoms with E-state index in [1.54, 1.807) is 4.68 Å². The van der Waals surface area contributed by atoms with Crippen molar-refractivity contribution in [1.29, 1.82) is 0 Å². The summed E-state index contributed by atoms with van der Waals surface area (Å²) < 4.78 is 1.76. The quantitative estimate of drug-likeness (QED) is 0.852. The normalized spacial score (nSPS) is 18.3. The van der Waals surface area contributed by atoms with Crippen molar-refractivity contribution in [2.24, 2.45) is 13.0 Å². The summed E-state index contributed by atoms with van der Waals surface area (Å²) in [6.45, 7) is 1.94. The van der Waals surface area contributed by atoms with Crippen LogP contribution in [-0.2, 0) is 24.7 Å². The van der Waals surface area contributed by atoms with Crippen LogP contribution in [0.15, 0.2) is 6.20 Å². The monoisotopic (exact) mass is 260 g/mol. The van der Waals surface area contributed by atoms with E-state index in [1.165, 1.54) is 0 Å². The number of fused-ring (bicyclic) bond motifs is 1. The molecule has 2 aromatic rings. The number of carboxylic acids is 1. The minimum Gasteiger partial charge on any atom is -0.481 e. The topological polar surface area (TPSA) is 83.8 Å². The second-order valence-corrected chi connectivity index (χ2v) is 5.09. The molecule has 0 bridgehead atoms. The molecule has 0 spiro atoms. The van der Waals surface area contributed by atoms with Crippen molar-refractivity contribution >= 4 is 5.97 Å². The highest BCUT2D eigenvalue weighted by Gasteiger charge is 2.27. The molecule has 2 heterocycles. The van der Waals surface area contributed by atoms with Gasteiger partial charge in [-0.1, -0.05) is 0 Å². The van der Waals surface area contributed by atoms with Crippen molar-refractivity contribution in [1.82, 2.24) is 19.7 Å². The van der Waals surface area contributed by atoms with Gasteiger partial charge in [0.15, 0.2) is 0 Å². The molecular weight excluding hydrogens is 244 g/mol. The minimum absolute atomic E-state index is 0.296. The number of hydrogen-bond acceptors (Lipinski definition) is 3. The van der Waals surface area contributed by atoms with Crippen LogP contribution in [-0.4, -0.2) is 30.8 Å². The van der Waals surface area contributed by atoms with E-state index in [4.69, 9.17) is 5.11 Å². The fraction of sp³-hybridized carbons (Fsp3) is 0.462. The molecule has 0 radical (unpaired) electrons. The van der Waals surface area contributed by atoms with Gasteiger partial charge in [-0.25, -0.2) is 4.98 Å². The maximum absolute atomic E-state index is 11.1. The first-order valence-electron chi connectivity index (χ1n) is 6.35. The van der Waals surface area contributed by atoms with Gasteiger partial charge >= 0.3 is 5.97 Å². The lowest BCUT2D eigenvalue weighted by Gasteiger charge is -2.16. The molecule has 6 nitrogen and oxygen atoms in total. The third-order valence-electron chi connectivity index (χ3n) is 3.66. The number of aryl methyl sites for hydroxylation is 3. The Morgan fingerprint density at radius 1 is 1.58 bits per heavy atom. The van der Waals surface area contributed by atoms with Crippen molar-refractivity contribution in [3.8, 4) is 11.4 Å². The average molecular weight is 260 g/mol. The lowest BCUT2D eigenvalue weighted by atomic mass is 9.90. The molecule has 1 atom stereocenters. The zero-order chi connectivity index (χ0) is 13.6. The first kappa shape index (κ1) is 12.0. The van der Waals surface area contributed by atoms with Crippen LogP contribution < -0.4 is 0 Å². The smallest absolute Gasteiger partial charge is 0.306 e. The van der Waals surface area contributed by atoms with Gasteiger partial charge in [-0.2, -0.15) is 5.10 Å². The van der Waals surface area contributed by atoms with Crippen molar-refractivity contribution in [3.05, 3.63) is 23.3 Å². The molecular formula is C13H16N4O2. The first-order valence-corrected chi connectivity index (χ1v) is 6.35. The summed E-state index contributed by atoms with van der Waals surface area (Å²) in [6.07, 6.45) is 3.85. The fourth-order valence-corrected chi connectivity index (χ4v) is 2.65. The maximum Gasteiger partial charge on any atom is 0.306 e. The molecule has 1 unspecified atom stereocenters. The first-order chi connectivity index (χ1) is 9.04. The SMILES string of the molecule is Cc1nn(C)cc1-c1nc2c([nH]1)CC(C(=O)O)CC2. The Morgan fingerprint density at radius 2 is 2.37 bits per heavy atom. The molecule has 6 heteroatoms. The lowest BCUT2D eigenvalue weighted by molar-refractivity contribution is -0.142. The van der Waals surface area contributed by atoms with Gasteiger partial charge in [-0.05, 0) is 19.8 Å². The van der Waals surface area contributed by atoms with Gasteiger partial charge in [0.25, 0.3) is 0 Å². The molecule has 0 saturated heterocycles. The van der Waals surface area contributed by atoms with Crippen LogP contribution in [0.5, 0.6) is 0 Å². The molecule has 0 amide bonds. The van der Waals surface area contributed by atoms with Gasteiger partial charge in [0, 0.05) is 25.4 Å². The average Bonchev–Trinajstić information content (AvgIpc) is 2.90. The van der Waals surface area contributed by atoms with E-state index in [0.29, 0.717) is 12.8 Å². The third-order valence-corrected chi connectivity index (χ3v) is 3.66. The maximum atomic E-state index is 11.1. The van der Waals surface area contributed by atoms with Gasteiger partial charge in [0.1, 0.15) is 5.82 Å². The summed E-state index contributed by atoms with van der Waals surface area (Å²) in [7, 11) is 1.87. The number of nitrogens with one attached hydrogen (secondary N) is 1. The van der Waals surface area contributed by atoms with E-state index in [0.717, 1.165) is 34.9 Å². The van der Waals surface area contributed by atoms with Crippen molar-refractivity contribution in [2.75, 3.05) is 0 Å². The summed E-state index contributed by atoms with van der Waals surface area (Å²) in [4.78, 5) is 18.9. The molecule has 2 aromatic heterocycles. The highest BCUT2D eigenvalue weighted by molar-refractivity contribution is 5.71. The number of H-pyrrole nitrogens is 1. The summed E-state index contributed by atoms with van der Waals surface area (Å²) in [5.41, 5.74) is 3.85. The van der Waals surface area contributed by atoms with Crippen LogP contribution in [0.3, 0.4) is 0 Å². The van der Waals surface area contributed by atoms with Crippen LogP contribution in [0.4, 0.5) is 0 Å². The second kappa shape index (κ2) is 4.22. The molecule has 1 aliphatic carbocycles. The Bertz CT molecular complexity index is 641. The van der Waals surface area contributed by atoms with Crippen LogP contribution in [0, 0.1) is 12.8 Å². The Kier molecular flexibility index (Phi) is 2.66. The number of imidazole rings is 1. The summed E-state index contributed by atoms with van der Waals surface area (Å²) in [5.74, 6) is -0.225. The number of carboxylic acid groups (broad SMARTS) is 1. The molecule has 0 fully saturated rings. The zero-order valence-corrected chi connectivity index (χ0v) is 11.0. The highest BCUT2D eigenvalue weighted by Crippen LogP contribution is 2.28. The molecule has 19 heavy (non-hydrogen) atoms. The molecule has 100 valence electrons. The molecule has 0 saturated carbocycles. The molecule has 3 rings (SSSR count). The summed E-state index contributed by atoms with van der Waals surface area (Å²) in [6, 6.07) is 0. The predicted molar refractivity (Wildman–Crippen MR) is 68.7 cm³/mol. The van der Waals surface area contributed by atoms with Gasteiger partial charge in [0.05, 0.1) is 22.9 Å². The number of aromatic amines is 1. The van der Waals surface area contributed by atoms with E-state index >= 15 is 0 Å². The van der Waals surface area contributed by atoms with Crippen molar-refractivity contribution in [2.45, 2.75) is 26.2 Å². The number of carbonyl (C=O) groups is 1. The lowest BCUT2D eigenvalue weighted by Crippen LogP contribution is -2.22. The van der Waals surface area contributed by atoms with E-state index in [1.807, 2.05) is 20.2 Å². The van der Waals surface area contributed by atoms with E-state index in [2.05, 4.69) is 15.1 Å². The zero-order valence-electron chi connectivity index (χ0n) is 11.0. The number of nitrogens with zero attached hydrogens (tertiary/aromatic N) is 3.